The SMILES string of the molecule is CSCC[C@@H](N)C(=O)Nc1nc(C(C)C)cs1. The first-order valence-electron chi connectivity index (χ1n) is 5.55. The molecule has 3 N–H and O–H groups in total. The lowest BCUT2D eigenvalue weighted by atomic mass is 10.2. The van der Waals surface area contributed by atoms with Crippen molar-refractivity contribution in [3.63, 3.8) is 0 Å². The van der Waals surface area contributed by atoms with E-state index in [2.05, 4.69) is 24.1 Å². The molecule has 1 amide bonds. The van der Waals surface area contributed by atoms with Gasteiger partial charge in [-0.15, -0.1) is 11.3 Å². The highest BCUT2D eigenvalue weighted by atomic mass is 32.2. The normalized spacial score (nSPS) is 12.8. The number of nitrogens with zero attached hydrogens (tertiary/aromatic N) is 1. The maximum absolute atomic E-state index is 11.7. The Morgan fingerprint density at radius 1 is 1.65 bits per heavy atom. The van der Waals surface area contributed by atoms with E-state index in [-0.39, 0.29) is 5.91 Å². The van der Waals surface area contributed by atoms with Crippen molar-refractivity contribution in [2.75, 3.05) is 17.3 Å². The largest absolute Gasteiger partial charge is 0.320 e. The van der Waals surface area contributed by atoms with Crippen molar-refractivity contribution in [1.29, 1.82) is 0 Å². The second-order valence-corrected chi connectivity index (χ2v) is 5.95. The highest BCUT2D eigenvalue weighted by Crippen LogP contribution is 2.21. The van der Waals surface area contributed by atoms with Crippen LogP contribution in [-0.4, -0.2) is 28.9 Å². The lowest BCUT2D eigenvalue weighted by Crippen LogP contribution is -2.36. The van der Waals surface area contributed by atoms with Crippen LogP contribution in [0, 0.1) is 0 Å². The molecule has 0 saturated heterocycles. The van der Waals surface area contributed by atoms with Crippen LogP contribution in [0.15, 0.2) is 5.38 Å². The van der Waals surface area contributed by atoms with Crippen molar-refractivity contribution in [1.82, 2.24) is 4.98 Å². The number of carbonyl (C=O) groups is 1. The highest BCUT2D eigenvalue weighted by Gasteiger charge is 2.15. The summed E-state index contributed by atoms with van der Waals surface area (Å²) in [6.07, 6.45) is 2.69. The van der Waals surface area contributed by atoms with Crippen LogP contribution in [0.25, 0.3) is 0 Å². The lowest BCUT2D eigenvalue weighted by molar-refractivity contribution is -0.117. The van der Waals surface area contributed by atoms with Gasteiger partial charge in [0.15, 0.2) is 5.13 Å². The van der Waals surface area contributed by atoms with Crippen LogP contribution in [0.2, 0.25) is 0 Å². The van der Waals surface area contributed by atoms with Crippen molar-refractivity contribution in [2.24, 2.45) is 5.73 Å². The summed E-state index contributed by atoms with van der Waals surface area (Å²) < 4.78 is 0. The van der Waals surface area contributed by atoms with Gasteiger partial charge in [0.1, 0.15) is 0 Å². The van der Waals surface area contributed by atoms with Gasteiger partial charge in [0, 0.05) is 5.38 Å². The van der Waals surface area contributed by atoms with Crippen molar-refractivity contribution < 1.29 is 4.79 Å². The number of nitrogens with two attached hydrogens (primary N) is 1. The Hall–Kier alpha value is -0.590. The summed E-state index contributed by atoms with van der Waals surface area (Å²) in [6, 6.07) is -0.450. The van der Waals surface area contributed by atoms with E-state index < -0.39 is 6.04 Å². The van der Waals surface area contributed by atoms with Crippen molar-refractivity contribution in [3.8, 4) is 0 Å². The molecule has 1 aromatic rings. The Morgan fingerprint density at radius 2 is 2.35 bits per heavy atom. The fourth-order valence-corrected chi connectivity index (χ4v) is 2.55. The first-order valence-corrected chi connectivity index (χ1v) is 7.82. The van der Waals surface area contributed by atoms with Crippen LogP contribution in [0.3, 0.4) is 0 Å². The summed E-state index contributed by atoms with van der Waals surface area (Å²) in [6.45, 7) is 4.15. The second kappa shape index (κ2) is 6.98. The minimum Gasteiger partial charge on any atom is -0.320 e. The van der Waals surface area contributed by atoms with Gasteiger partial charge < -0.3 is 11.1 Å². The number of amides is 1. The Balaban J connectivity index is 2.49. The Kier molecular flexibility index (Phi) is 5.94. The molecule has 0 spiro atoms. The van der Waals surface area contributed by atoms with E-state index in [9.17, 15) is 4.79 Å². The zero-order valence-corrected chi connectivity index (χ0v) is 12.0. The summed E-state index contributed by atoms with van der Waals surface area (Å²) >= 11 is 3.13. The fraction of sp³-hybridized carbons (Fsp3) is 0.636. The summed E-state index contributed by atoms with van der Waals surface area (Å²) in [5.74, 6) is 1.12. The van der Waals surface area contributed by atoms with E-state index in [1.54, 1.807) is 11.8 Å². The van der Waals surface area contributed by atoms with E-state index in [4.69, 9.17) is 5.73 Å². The molecule has 96 valence electrons. The molecule has 1 rings (SSSR count). The lowest BCUT2D eigenvalue weighted by Gasteiger charge is -2.09. The van der Waals surface area contributed by atoms with E-state index >= 15 is 0 Å². The van der Waals surface area contributed by atoms with Crippen molar-refractivity contribution in [2.45, 2.75) is 32.2 Å². The van der Waals surface area contributed by atoms with E-state index in [1.807, 2.05) is 11.6 Å². The number of hydrogen-bond acceptors (Lipinski definition) is 5. The molecule has 0 aliphatic heterocycles. The molecule has 0 aliphatic rings. The molecule has 0 bridgehead atoms. The standard InChI is InChI=1S/C11H19N3OS2/c1-7(2)9-6-17-11(13-9)14-10(15)8(12)4-5-16-3/h6-8H,4-5,12H2,1-3H3,(H,13,14,15)/t8-/m1/s1. The van der Waals surface area contributed by atoms with Gasteiger partial charge in [-0.3, -0.25) is 4.79 Å². The molecule has 4 nitrogen and oxygen atoms in total. The molecule has 0 fully saturated rings. The molecule has 0 saturated carbocycles. The fourth-order valence-electron chi connectivity index (χ4n) is 1.18. The Morgan fingerprint density at radius 3 is 2.88 bits per heavy atom. The second-order valence-electron chi connectivity index (χ2n) is 4.11. The molecule has 1 heterocycles. The number of anilines is 1. The molecule has 6 heteroatoms. The maximum Gasteiger partial charge on any atom is 0.243 e. The van der Waals surface area contributed by atoms with Gasteiger partial charge >= 0.3 is 0 Å². The molecular weight excluding hydrogens is 254 g/mol. The van der Waals surface area contributed by atoms with E-state index in [1.165, 1.54) is 11.3 Å². The average Bonchev–Trinajstić information content (AvgIpc) is 2.74. The van der Waals surface area contributed by atoms with Gasteiger partial charge in [0.25, 0.3) is 0 Å². The van der Waals surface area contributed by atoms with Crippen LogP contribution in [0.5, 0.6) is 0 Å². The zero-order valence-electron chi connectivity index (χ0n) is 10.4. The number of carbonyl (C=O) groups excluding carboxylic acids is 1. The minimum absolute atomic E-state index is 0.149. The number of rotatable bonds is 6. The smallest absolute Gasteiger partial charge is 0.243 e. The molecule has 1 aromatic heterocycles. The van der Waals surface area contributed by atoms with Crippen LogP contribution in [-0.2, 0) is 4.79 Å². The van der Waals surface area contributed by atoms with Gasteiger partial charge in [-0.25, -0.2) is 4.98 Å². The van der Waals surface area contributed by atoms with E-state index in [0.29, 0.717) is 17.5 Å². The first kappa shape index (κ1) is 14.5. The summed E-state index contributed by atoms with van der Waals surface area (Å²) in [7, 11) is 0. The van der Waals surface area contributed by atoms with Gasteiger partial charge in [0.2, 0.25) is 5.91 Å². The van der Waals surface area contributed by atoms with Crippen LogP contribution in [0.4, 0.5) is 5.13 Å². The third kappa shape index (κ3) is 4.65. The number of thioether (sulfide) groups is 1. The Labute approximate surface area is 110 Å². The predicted molar refractivity (Wildman–Crippen MR) is 75.8 cm³/mol. The monoisotopic (exact) mass is 273 g/mol. The molecule has 0 radical (unpaired) electrons. The zero-order chi connectivity index (χ0) is 12.8. The number of thiazole rings is 1. The number of nitrogens with one attached hydrogen (secondary N) is 1. The minimum atomic E-state index is -0.450. The van der Waals surface area contributed by atoms with Gasteiger partial charge in [-0.05, 0) is 24.3 Å². The predicted octanol–water partition coefficient (Wildman–Crippen LogP) is 2.29. The topological polar surface area (TPSA) is 68.0 Å². The number of aromatic nitrogens is 1. The summed E-state index contributed by atoms with van der Waals surface area (Å²) in [4.78, 5) is 16.1. The molecule has 17 heavy (non-hydrogen) atoms. The van der Waals surface area contributed by atoms with Crippen LogP contribution < -0.4 is 11.1 Å². The maximum atomic E-state index is 11.7. The average molecular weight is 273 g/mol. The quantitative estimate of drug-likeness (QED) is 0.834. The van der Waals surface area contributed by atoms with Gasteiger partial charge in [-0.2, -0.15) is 11.8 Å². The molecule has 1 atom stereocenters. The first-order chi connectivity index (χ1) is 8.04. The molecule has 0 aliphatic carbocycles. The van der Waals surface area contributed by atoms with Gasteiger partial charge in [0.05, 0.1) is 11.7 Å². The van der Waals surface area contributed by atoms with Crippen LogP contribution in [0.1, 0.15) is 31.9 Å². The van der Waals surface area contributed by atoms with Crippen LogP contribution >= 0.6 is 23.1 Å². The molecule has 0 unspecified atom stereocenters. The molecule has 0 aromatic carbocycles. The van der Waals surface area contributed by atoms with Crippen molar-refractivity contribution in [3.05, 3.63) is 11.1 Å². The third-order valence-electron chi connectivity index (χ3n) is 2.31. The van der Waals surface area contributed by atoms with Crippen molar-refractivity contribution >= 4 is 34.1 Å². The third-order valence-corrected chi connectivity index (χ3v) is 3.73. The Bertz CT molecular complexity index is 365. The molecular formula is C11H19N3OS2. The highest BCUT2D eigenvalue weighted by molar-refractivity contribution is 7.98. The van der Waals surface area contributed by atoms with Gasteiger partial charge in [-0.1, -0.05) is 13.8 Å². The summed E-state index contributed by atoms with van der Waals surface area (Å²) in [5.41, 5.74) is 6.77. The number of hydrogen-bond donors (Lipinski definition) is 2. The van der Waals surface area contributed by atoms with E-state index in [0.717, 1.165) is 11.4 Å². The summed E-state index contributed by atoms with van der Waals surface area (Å²) in [5, 5.41) is 5.36.